The van der Waals surface area contributed by atoms with Gasteiger partial charge < -0.3 is 10.6 Å². The maximum atomic E-state index is 12.8. The van der Waals surface area contributed by atoms with E-state index >= 15 is 0 Å². The molecule has 2 rings (SSSR count). The molecule has 0 aromatic heterocycles. The second kappa shape index (κ2) is 4.81. The number of alkyl halides is 3. The average molecular weight is 251 g/mol. The Morgan fingerprint density at radius 2 is 2.12 bits per heavy atom. The smallest absolute Gasteiger partial charge is 0.353 e. The fraction of sp³-hybridized carbons (Fsp3) is 0.900. The van der Waals surface area contributed by atoms with Gasteiger partial charge in [0, 0.05) is 13.1 Å². The van der Waals surface area contributed by atoms with E-state index in [9.17, 15) is 18.0 Å². The topological polar surface area (TPSA) is 44.4 Å². The number of carbonyl (C=O) groups is 1. The maximum absolute atomic E-state index is 12.8. The Morgan fingerprint density at radius 1 is 1.35 bits per heavy atom. The zero-order chi connectivity index (χ0) is 12.5. The molecule has 0 aliphatic carbocycles. The molecule has 0 aromatic carbocycles. The molecule has 98 valence electrons. The van der Waals surface area contributed by atoms with Crippen molar-refractivity contribution in [3.8, 4) is 0 Å². The van der Waals surface area contributed by atoms with Gasteiger partial charge in [-0.25, -0.2) is 0 Å². The Balaban J connectivity index is 2.00. The molecule has 0 spiro atoms. The van der Waals surface area contributed by atoms with Gasteiger partial charge in [0.2, 0.25) is 5.91 Å². The van der Waals surface area contributed by atoms with Gasteiger partial charge in [0.05, 0.1) is 6.54 Å². The van der Waals surface area contributed by atoms with Crippen molar-refractivity contribution < 1.29 is 18.0 Å². The number of hydrogen-bond acceptors (Lipinski definition) is 3. The van der Waals surface area contributed by atoms with E-state index in [4.69, 9.17) is 0 Å². The van der Waals surface area contributed by atoms with E-state index in [1.54, 1.807) is 0 Å². The van der Waals surface area contributed by atoms with Crippen LogP contribution in [0.15, 0.2) is 0 Å². The van der Waals surface area contributed by atoms with Crippen LogP contribution < -0.4 is 10.6 Å². The summed E-state index contributed by atoms with van der Waals surface area (Å²) in [5.41, 5.74) is 0. The molecular formula is C10H16F3N3O. The van der Waals surface area contributed by atoms with Gasteiger partial charge in [-0.05, 0) is 25.4 Å². The highest BCUT2D eigenvalue weighted by Gasteiger charge is 2.46. The van der Waals surface area contributed by atoms with Crippen LogP contribution in [0.25, 0.3) is 0 Å². The monoisotopic (exact) mass is 251 g/mol. The summed E-state index contributed by atoms with van der Waals surface area (Å²) >= 11 is 0. The highest BCUT2D eigenvalue weighted by molar-refractivity contribution is 5.78. The van der Waals surface area contributed by atoms with Crippen LogP contribution in [0.4, 0.5) is 13.2 Å². The van der Waals surface area contributed by atoms with Crippen molar-refractivity contribution in [3.05, 3.63) is 0 Å². The third kappa shape index (κ3) is 3.10. The van der Waals surface area contributed by atoms with Gasteiger partial charge in [-0.15, -0.1) is 0 Å². The van der Waals surface area contributed by atoms with Gasteiger partial charge in [0.25, 0.3) is 0 Å². The number of nitrogens with zero attached hydrogens (tertiary/aromatic N) is 1. The molecule has 7 heteroatoms. The van der Waals surface area contributed by atoms with Crippen LogP contribution in [0.1, 0.15) is 6.42 Å². The molecule has 1 amide bonds. The van der Waals surface area contributed by atoms with Crippen LogP contribution in [-0.2, 0) is 4.79 Å². The first-order chi connectivity index (χ1) is 7.97. The maximum Gasteiger partial charge on any atom is 0.405 e. The minimum absolute atomic E-state index is 0.152. The predicted octanol–water partition coefficient (Wildman–Crippen LogP) is -0.0414. The van der Waals surface area contributed by atoms with Crippen molar-refractivity contribution in [2.24, 2.45) is 5.92 Å². The summed E-state index contributed by atoms with van der Waals surface area (Å²) < 4.78 is 38.4. The first kappa shape index (κ1) is 12.6. The average Bonchev–Trinajstić information content (AvgIpc) is 2.68. The minimum Gasteiger partial charge on any atom is -0.353 e. The summed E-state index contributed by atoms with van der Waals surface area (Å²) in [6, 6.07) is -1.54. The van der Waals surface area contributed by atoms with Gasteiger partial charge in [-0.2, -0.15) is 13.2 Å². The Hall–Kier alpha value is -0.820. The van der Waals surface area contributed by atoms with Gasteiger partial charge in [-0.1, -0.05) is 0 Å². The first-order valence-electron chi connectivity index (χ1n) is 5.75. The summed E-state index contributed by atoms with van der Waals surface area (Å²) in [5.74, 6) is -0.109. The number of piperazine rings is 1. The molecule has 2 aliphatic heterocycles. The van der Waals surface area contributed by atoms with Gasteiger partial charge >= 0.3 is 6.18 Å². The highest BCUT2D eigenvalue weighted by atomic mass is 19.4. The lowest BCUT2D eigenvalue weighted by atomic mass is 10.1. The molecule has 2 fully saturated rings. The molecule has 2 saturated heterocycles. The number of carbonyl (C=O) groups excluding carboxylic acids is 1. The number of hydrogen-bond donors (Lipinski definition) is 2. The van der Waals surface area contributed by atoms with Crippen molar-refractivity contribution >= 4 is 5.91 Å². The van der Waals surface area contributed by atoms with Crippen LogP contribution >= 0.6 is 0 Å². The largest absolute Gasteiger partial charge is 0.405 e. The Labute approximate surface area is 97.5 Å². The van der Waals surface area contributed by atoms with Crippen LogP contribution in [0, 0.1) is 5.92 Å². The molecule has 2 atom stereocenters. The third-order valence-corrected chi connectivity index (χ3v) is 3.31. The summed E-state index contributed by atoms with van der Waals surface area (Å²) in [7, 11) is 0. The number of halogens is 3. The number of amides is 1. The standard InChI is InChI=1S/C10H16F3N3O/c11-10(12,13)8-4-15-9(17)6-16(8)5-7-1-2-14-3-7/h7-8,14H,1-6H2,(H,15,17). The highest BCUT2D eigenvalue weighted by Crippen LogP contribution is 2.27. The van der Waals surface area contributed by atoms with Gasteiger partial charge in [-0.3, -0.25) is 9.69 Å². The van der Waals surface area contributed by atoms with E-state index in [-0.39, 0.29) is 24.9 Å². The third-order valence-electron chi connectivity index (χ3n) is 3.31. The molecule has 0 bridgehead atoms. The van der Waals surface area contributed by atoms with Crippen molar-refractivity contribution in [2.45, 2.75) is 18.6 Å². The van der Waals surface area contributed by atoms with E-state index in [1.165, 1.54) is 4.90 Å². The van der Waals surface area contributed by atoms with E-state index < -0.39 is 12.2 Å². The van der Waals surface area contributed by atoms with Crippen molar-refractivity contribution in [2.75, 3.05) is 32.7 Å². The lowest BCUT2D eigenvalue weighted by Gasteiger charge is -2.37. The fourth-order valence-electron chi connectivity index (χ4n) is 2.41. The lowest BCUT2D eigenvalue weighted by Crippen LogP contribution is -2.60. The molecule has 2 unspecified atom stereocenters. The number of rotatable bonds is 2. The number of nitrogens with one attached hydrogen (secondary N) is 2. The second-order valence-corrected chi connectivity index (χ2v) is 4.65. The molecule has 0 radical (unpaired) electrons. The van der Waals surface area contributed by atoms with E-state index in [1.807, 2.05) is 0 Å². The minimum atomic E-state index is -4.28. The Kier molecular flexibility index (Phi) is 3.58. The molecule has 2 aliphatic rings. The molecule has 2 heterocycles. The molecule has 2 N–H and O–H groups in total. The Bertz CT molecular complexity index is 289. The van der Waals surface area contributed by atoms with Crippen LogP contribution in [0.2, 0.25) is 0 Å². The van der Waals surface area contributed by atoms with Crippen LogP contribution in [-0.4, -0.2) is 55.7 Å². The van der Waals surface area contributed by atoms with Crippen LogP contribution in [0.3, 0.4) is 0 Å². The summed E-state index contributed by atoms with van der Waals surface area (Å²) in [6.07, 6.45) is -3.40. The second-order valence-electron chi connectivity index (χ2n) is 4.65. The van der Waals surface area contributed by atoms with Gasteiger partial charge in [0.1, 0.15) is 6.04 Å². The molecule has 4 nitrogen and oxygen atoms in total. The zero-order valence-corrected chi connectivity index (χ0v) is 9.39. The zero-order valence-electron chi connectivity index (χ0n) is 9.39. The molecule has 0 aromatic rings. The summed E-state index contributed by atoms with van der Waals surface area (Å²) in [5, 5.41) is 5.40. The molecule has 0 saturated carbocycles. The van der Waals surface area contributed by atoms with Crippen molar-refractivity contribution in [1.29, 1.82) is 0 Å². The molecular weight excluding hydrogens is 235 g/mol. The lowest BCUT2D eigenvalue weighted by molar-refractivity contribution is -0.190. The van der Waals surface area contributed by atoms with Crippen LogP contribution in [0.5, 0.6) is 0 Å². The Morgan fingerprint density at radius 3 is 2.71 bits per heavy atom. The van der Waals surface area contributed by atoms with E-state index in [0.717, 1.165) is 19.5 Å². The van der Waals surface area contributed by atoms with E-state index in [0.29, 0.717) is 6.54 Å². The SMILES string of the molecule is O=C1CN(CC2CCNC2)C(C(F)(F)F)CN1. The predicted molar refractivity (Wildman–Crippen MR) is 55.4 cm³/mol. The normalized spacial score (nSPS) is 31.6. The van der Waals surface area contributed by atoms with Crippen molar-refractivity contribution in [3.63, 3.8) is 0 Å². The summed E-state index contributed by atoms with van der Waals surface area (Å²) in [4.78, 5) is 12.4. The van der Waals surface area contributed by atoms with Crippen molar-refractivity contribution in [1.82, 2.24) is 15.5 Å². The first-order valence-corrected chi connectivity index (χ1v) is 5.75. The van der Waals surface area contributed by atoms with Gasteiger partial charge in [0.15, 0.2) is 0 Å². The quantitative estimate of drug-likeness (QED) is 0.724. The van der Waals surface area contributed by atoms with E-state index in [2.05, 4.69) is 10.6 Å². The molecule has 17 heavy (non-hydrogen) atoms. The fourth-order valence-corrected chi connectivity index (χ4v) is 2.41. The summed E-state index contributed by atoms with van der Waals surface area (Å²) in [6.45, 7) is 1.44.